The van der Waals surface area contributed by atoms with Crippen molar-refractivity contribution in [3.05, 3.63) is 54.4 Å². The molecule has 0 saturated heterocycles. The molecule has 1 atom stereocenters. The van der Waals surface area contributed by atoms with Gasteiger partial charge in [0.25, 0.3) is 5.91 Å². The monoisotopic (exact) mass is 271 g/mol. The minimum Gasteiger partial charge on any atom is -0.479 e. The van der Waals surface area contributed by atoms with Gasteiger partial charge in [0, 0.05) is 18.4 Å². The smallest absolute Gasteiger partial charge is 0.265 e. The molecule has 1 heterocycles. The first-order chi connectivity index (χ1) is 9.69. The van der Waals surface area contributed by atoms with Crippen LogP contribution in [0, 0.1) is 0 Å². The lowest BCUT2D eigenvalue weighted by atomic mass is 10.2. The van der Waals surface area contributed by atoms with Gasteiger partial charge in [-0.15, -0.1) is 0 Å². The van der Waals surface area contributed by atoms with Crippen LogP contribution in [0.25, 0.3) is 0 Å². The van der Waals surface area contributed by atoms with E-state index in [1.54, 1.807) is 31.5 Å². The van der Waals surface area contributed by atoms with Crippen molar-refractivity contribution in [1.29, 1.82) is 0 Å². The van der Waals surface area contributed by atoms with E-state index in [-0.39, 0.29) is 5.91 Å². The van der Waals surface area contributed by atoms with Gasteiger partial charge >= 0.3 is 0 Å². The van der Waals surface area contributed by atoms with Gasteiger partial charge in [-0.05, 0) is 36.8 Å². The van der Waals surface area contributed by atoms with E-state index < -0.39 is 6.10 Å². The lowest BCUT2D eigenvalue weighted by molar-refractivity contribution is -0.122. The molecule has 5 nitrogen and oxygen atoms in total. The molecule has 0 radical (unpaired) electrons. The average Bonchev–Trinajstić information content (AvgIpc) is 2.49. The van der Waals surface area contributed by atoms with E-state index in [4.69, 9.17) is 10.5 Å². The van der Waals surface area contributed by atoms with Crippen LogP contribution in [-0.2, 0) is 11.3 Å². The highest BCUT2D eigenvalue weighted by Crippen LogP contribution is 2.12. The summed E-state index contributed by atoms with van der Waals surface area (Å²) in [4.78, 5) is 15.9. The third-order valence-electron chi connectivity index (χ3n) is 2.77. The molecule has 1 amide bonds. The number of ether oxygens (including phenoxy) is 1. The van der Waals surface area contributed by atoms with Crippen molar-refractivity contribution >= 4 is 11.6 Å². The van der Waals surface area contributed by atoms with E-state index in [0.29, 0.717) is 18.0 Å². The van der Waals surface area contributed by atoms with E-state index in [1.807, 2.05) is 24.3 Å². The fourth-order valence-corrected chi connectivity index (χ4v) is 1.64. The molecule has 0 aliphatic carbocycles. The van der Waals surface area contributed by atoms with Crippen molar-refractivity contribution in [1.82, 2.24) is 4.98 Å². The molecule has 0 bridgehead atoms. The summed E-state index contributed by atoms with van der Waals surface area (Å²) in [5.41, 5.74) is 7.25. The van der Waals surface area contributed by atoms with E-state index >= 15 is 0 Å². The fraction of sp³-hybridized carbons (Fsp3) is 0.200. The van der Waals surface area contributed by atoms with Crippen LogP contribution in [0.5, 0.6) is 5.75 Å². The first-order valence-corrected chi connectivity index (χ1v) is 6.35. The summed E-state index contributed by atoms with van der Waals surface area (Å²) in [6.07, 6.45) is 2.62. The normalized spacial score (nSPS) is 11.7. The highest BCUT2D eigenvalue weighted by Gasteiger charge is 2.14. The highest BCUT2D eigenvalue weighted by molar-refractivity contribution is 5.94. The maximum Gasteiger partial charge on any atom is 0.265 e. The van der Waals surface area contributed by atoms with E-state index in [9.17, 15) is 4.79 Å². The van der Waals surface area contributed by atoms with Gasteiger partial charge in [0.2, 0.25) is 0 Å². The zero-order chi connectivity index (χ0) is 14.4. The number of carbonyl (C=O) groups excluding carboxylic acids is 1. The van der Waals surface area contributed by atoms with Crippen LogP contribution in [0.3, 0.4) is 0 Å². The molecule has 1 unspecified atom stereocenters. The number of nitrogens with one attached hydrogen (secondary N) is 1. The number of hydrogen-bond donors (Lipinski definition) is 2. The van der Waals surface area contributed by atoms with Crippen molar-refractivity contribution < 1.29 is 9.53 Å². The minimum absolute atomic E-state index is 0.214. The van der Waals surface area contributed by atoms with Crippen molar-refractivity contribution in [2.24, 2.45) is 5.73 Å². The maximum absolute atomic E-state index is 12.0. The second-order valence-electron chi connectivity index (χ2n) is 4.34. The van der Waals surface area contributed by atoms with Crippen LogP contribution in [0.15, 0.2) is 48.8 Å². The summed E-state index contributed by atoms with van der Waals surface area (Å²) < 4.78 is 5.50. The summed E-state index contributed by atoms with van der Waals surface area (Å²) in [7, 11) is 0. The number of anilines is 1. The standard InChI is InChI=1S/C15H17N3O2/c1-11(20-14-3-2-8-17-10-14)15(19)18-13-6-4-12(9-16)5-7-13/h2-8,10-11H,9,16H2,1H3,(H,18,19). The predicted molar refractivity (Wildman–Crippen MR) is 77.3 cm³/mol. The summed E-state index contributed by atoms with van der Waals surface area (Å²) in [6, 6.07) is 10.9. The Hall–Kier alpha value is -2.40. The van der Waals surface area contributed by atoms with Crippen molar-refractivity contribution in [2.45, 2.75) is 19.6 Å². The molecule has 2 aromatic rings. The Kier molecular flexibility index (Phi) is 4.68. The Labute approximate surface area is 117 Å². The number of aromatic nitrogens is 1. The van der Waals surface area contributed by atoms with Crippen LogP contribution in [-0.4, -0.2) is 17.0 Å². The summed E-state index contributed by atoms with van der Waals surface area (Å²) in [6.45, 7) is 2.17. The Morgan fingerprint density at radius 1 is 1.35 bits per heavy atom. The number of amides is 1. The second-order valence-corrected chi connectivity index (χ2v) is 4.34. The Morgan fingerprint density at radius 3 is 2.70 bits per heavy atom. The van der Waals surface area contributed by atoms with Crippen LogP contribution >= 0.6 is 0 Å². The molecule has 20 heavy (non-hydrogen) atoms. The molecule has 0 fully saturated rings. The van der Waals surface area contributed by atoms with Crippen LogP contribution < -0.4 is 15.8 Å². The Bertz CT molecular complexity index is 555. The van der Waals surface area contributed by atoms with Gasteiger partial charge in [-0.3, -0.25) is 9.78 Å². The van der Waals surface area contributed by atoms with Gasteiger partial charge in [-0.2, -0.15) is 0 Å². The number of benzene rings is 1. The molecular weight excluding hydrogens is 254 g/mol. The molecule has 0 spiro atoms. The molecule has 1 aromatic heterocycles. The molecule has 0 saturated carbocycles. The summed E-state index contributed by atoms with van der Waals surface area (Å²) in [5, 5.41) is 2.79. The zero-order valence-electron chi connectivity index (χ0n) is 11.2. The largest absolute Gasteiger partial charge is 0.479 e. The van der Waals surface area contributed by atoms with E-state index in [0.717, 1.165) is 5.56 Å². The molecular formula is C15H17N3O2. The van der Waals surface area contributed by atoms with Crippen LogP contribution in [0.2, 0.25) is 0 Å². The van der Waals surface area contributed by atoms with Crippen molar-refractivity contribution in [2.75, 3.05) is 5.32 Å². The second kappa shape index (κ2) is 6.68. The number of nitrogens with two attached hydrogens (primary N) is 1. The molecule has 0 aliphatic heterocycles. The topological polar surface area (TPSA) is 77.2 Å². The van der Waals surface area contributed by atoms with E-state index in [2.05, 4.69) is 10.3 Å². The number of hydrogen-bond acceptors (Lipinski definition) is 4. The summed E-state index contributed by atoms with van der Waals surface area (Å²) >= 11 is 0. The van der Waals surface area contributed by atoms with Crippen LogP contribution in [0.4, 0.5) is 5.69 Å². The van der Waals surface area contributed by atoms with Crippen molar-refractivity contribution in [3.8, 4) is 5.75 Å². The van der Waals surface area contributed by atoms with Gasteiger partial charge < -0.3 is 15.8 Å². The first kappa shape index (κ1) is 14.0. The zero-order valence-corrected chi connectivity index (χ0v) is 11.2. The van der Waals surface area contributed by atoms with Crippen molar-refractivity contribution in [3.63, 3.8) is 0 Å². The molecule has 104 valence electrons. The average molecular weight is 271 g/mol. The number of carbonyl (C=O) groups is 1. The molecule has 1 aromatic carbocycles. The fourth-order valence-electron chi connectivity index (χ4n) is 1.64. The lowest BCUT2D eigenvalue weighted by Crippen LogP contribution is -2.30. The summed E-state index contributed by atoms with van der Waals surface area (Å²) in [5.74, 6) is 0.350. The van der Waals surface area contributed by atoms with Gasteiger partial charge in [0.05, 0.1) is 6.20 Å². The maximum atomic E-state index is 12.0. The number of nitrogens with zero attached hydrogens (tertiary/aromatic N) is 1. The Balaban J connectivity index is 1.93. The molecule has 3 N–H and O–H groups in total. The SMILES string of the molecule is CC(Oc1cccnc1)C(=O)Nc1ccc(CN)cc1. The molecule has 2 rings (SSSR count). The minimum atomic E-state index is -0.603. The third-order valence-corrected chi connectivity index (χ3v) is 2.77. The first-order valence-electron chi connectivity index (χ1n) is 6.35. The van der Waals surface area contributed by atoms with Gasteiger partial charge in [-0.25, -0.2) is 0 Å². The quantitative estimate of drug-likeness (QED) is 0.871. The predicted octanol–water partition coefficient (Wildman–Crippen LogP) is 1.95. The lowest BCUT2D eigenvalue weighted by Gasteiger charge is -2.14. The van der Waals surface area contributed by atoms with Gasteiger partial charge in [-0.1, -0.05) is 12.1 Å². The highest BCUT2D eigenvalue weighted by atomic mass is 16.5. The van der Waals surface area contributed by atoms with E-state index in [1.165, 1.54) is 0 Å². The Morgan fingerprint density at radius 2 is 2.10 bits per heavy atom. The number of rotatable bonds is 5. The number of pyridine rings is 1. The van der Waals surface area contributed by atoms with Crippen LogP contribution in [0.1, 0.15) is 12.5 Å². The molecule has 5 heteroatoms. The third kappa shape index (κ3) is 3.80. The van der Waals surface area contributed by atoms with Gasteiger partial charge in [0.1, 0.15) is 5.75 Å². The molecule has 0 aliphatic rings. The van der Waals surface area contributed by atoms with Gasteiger partial charge in [0.15, 0.2) is 6.10 Å².